The quantitative estimate of drug-likeness (QED) is 0.570. The second kappa shape index (κ2) is 6.73. The average molecular weight is 251 g/mol. The fourth-order valence-corrected chi connectivity index (χ4v) is 1.32. The summed E-state index contributed by atoms with van der Waals surface area (Å²) in [6, 6.07) is 5.83. The van der Waals surface area contributed by atoms with Gasteiger partial charge in [0.1, 0.15) is 0 Å². The molecule has 0 radical (unpaired) electrons. The third-order valence-electron chi connectivity index (χ3n) is 2.42. The minimum Gasteiger partial charge on any atom is -0.392 e. The normalized spacial score (nSPS) is 11.7. The monoisotopic (exact) mass is 251 g/mol. The summed E-state index contributed by atoms with van der Waals surface area (Å²) in [5.41, 5.74) is 6.91. The highest BCUT2D eigenvalue weighted by Crippen LogP contribution is 2.09. The van der Waals surface area contributed by atoms with Crippen LogP contribution < -0.4 is 16.4 Å². The molecule has 5 N–H and O–H groups in total. The van der Waals surface area contributed by atoms with Crippen LogP contribution in [0.5, 0.6) is 0 Å². The van der Waals surface area contributed by atoms with Gasteiger partial charge in [-0.3, -0.25) is 9.59 Å². The summed E-state index contributed by atoms with van der Waals surface area (Å²) in [4.78, 5) is 22.7. The van der Waals surface area contributed by atoms with Gasteiger partial charge >= 0.3 is 0 Å². The Morgan fingerprint density at radius 2 is 1.94 bits per heavy atom. The topological polar surface area (TPSA) is 104 Å². The molecule has 0 saturated heterocycles. The molecular formula is C12H17N3O3. The predicted molar refractivity (Wildman–Crippen MR) is 67.7 cm³/mol. The van der Waals surface area contributed by atoms with Crippen molar-refractivity contribution >= 4 is 17.5 Å². The number of carbonyl (C=O) groups is 2. The molecule has 1 rings (SSSR count). The number of nitrogens with two attached hydrogens (primary N) is 1. The maximum absolute atomic E-state index is 11.7. The molecule has 2 amide bonds. The summed E-state index contributed by atoms with van der Waals surface area (Å²) in [6.45, 7) is -0.0512. The first-order valence-corrected chi connectivity index (χ1v) is 5.53. The number of aliphatic hydroxyl groups excluding tert-OH is 1. The van der Waals surface area contributed by atoms with E-state index in [0.29, 0.717) is 5.69 Å². The highest BCUT2D eigenvalue weighted by molar-refractivity contribution is 5.97. The van der Waals surface area contributed by atoms with Crippen LogP contribution in [0.15, 0.2) is 24.3 Å². The van der Waals surface area contributed by atoms with E-state index < -0.39 is 11.9 Å². The van der Waals surface area contributed by atoms with E-state index in [4.69, 9.17) is 10.8 Å². The Morgan fingerprint density at radius 3 is 2.44 bits per heavy atom. The van der Waals surface area contributed by atoms with E-state index in [1.807, 2.05) is 0 Å². The summed E-state index contributed by atoms with van der Waals surface area (Å²) in [5, 5.41) is 13.9. The molecule has 18 heavy (non-hydrogen) atoms. The third-order valence-corrected chi connectivity index (χ3v) is 2.42. The van der Waals surface area contributed by atoms with E-state index in [-0.39, 0.29) is 18.9 Å². The molecule has 0 fully saturated rings. The van der Waals surface area contributed by atoms with Crippen molar-refractivity contribution < 1.29 is 14.7 Å². The summed E-state index contributed by atoms with van der Waals surface area (Å²) in [6.07, 6.45) is -0.0585. The SMILES string of the molecule is CNC(=O)C[C@H](N)C(=O)Nc1ccc(CO)cc1. The number of hydrogen-bond donors (Lipinski definition) is 4. The molecule has 1 aromatic carbocycles. The van der Waals surface area contributed by atoms with Gasteiger partial charge in [-0.25, -0.2) is 0 Å². The molecule has 0 saturated carbocycles. The van der Waals surface area contributed by atoms with Crippen molar-refractivity contribution in [1.29, 1.82) is 0 Å². The van der Waals surface area contributed by atoms with Gasteiger partial charge in [0.2, 0.25) is 11.8 Å². The van der Waals surface area contributed by atoms with Gasteiger partial charge in [-0.2, -0.15) is 0 Å². The van der Waals surface area contributed by atoms with Crippen molar-refractivity contribution in [2.75, 3.05) is 12.4 Å². The maximum atomic E-state index is 11.7. The number of aliphatic hydroxyl groups is 1. The zero-order valence-corrected chi connectivity index (χ0v) is 10.1. The number of nitrogens with one attached hydrogen (secondary N) is 2. The lowest BCUT2D eigenvalue weighted by Gasteiger charge is -2.11. The Bertz CT molecular complexity index is 417. The largest absolute Gasteiger partial charge is 0.392 e. The Balaban J connectivity index is 2.55. The van der Waals surface area contributed by atoms with Crippen LogP contribution in [0.25, 0.3) is 0 Å². The molecule has 0 spiro atoms. The Morgan fingerprint density at radius 1 is 1.33 bits per heavy atom. The van der Waals surface area contributed by atoms with Crippen LogP contribution in [0.2, 0.25) is 0 Å². The van der Waals surface area contributed by atoms with Crippen molar-refractivity contribution in [2.45, 2.75) is 19.1 Å². The zero-order valence-electron chi connectivity index (χ0n) is 10.1. The second-order valence-electron chi connectivity index (χ2n) is 3.83. The summed E-state index contributed by atoms with van der Waals surface area (Å²) in [7, 11) is 1.49. The molecule has 0 aliphatic carbocycles. The Hall–Kier alpha value is -1.92. The van der Waals surface area contributed by atoms with Gasteiger partial charge in [-0.1, -0.05) is 12.1 Å². The lowest BCUT2D eigenvalue weighted by Crippen LogP contribution is -2.39. The van der Waals surface area contributed by atoms with E-state index in [2.05, 4.69) is 10.6 Å². The van der Waals surface area contributed by atoms with Crippen LogP contribution in [0.4, 0.5) is 5.69 Å². The van der Waals surface area contributed by atoms with Gasteiger partial charge in [0.05, 0.1) is 19.1 Å². The van der Waals surface area contributed by atoms with Crippen molar-refractivity contribution in [3.8, 4) is 0 Å². The molecular weight excluding hydrogens is 234 g/mol. The molecule has 0 bridgehead atoms. The smallest absolute Gasteiger partial charge is 0.241 e. The minimum atomic E-state index is -0.887. The zero-order chi connectivity index (χ0) is 13.5. The molecule has 0 aliphatic heterocycles. The van der Waals surface area contributed by atoms with Gasteiger partial charge < -0.3 is 21.5 Å². The highest BCUT2D eigenvalue weighted by atomic mass is 16.3. The summed E-state index contributed by atoms with van der Waals surface area (Å²) < 4.78 is 0. The van der Waals surface area contributed by atoms with Gasteiger partial charge in [0.25, 0.3) is 0 Å². The standard InChI is InChI=1S/C12H17N3O3/c1-14-11(17)6-10(13)12(18)15-9-4-2-8(7-16)3-5-9/h2-5,10,16H,6-7,13H2,1H3,(H,14,17)(H,15,18)/t10-/m0/s1. The maximum Gasteiger partial charge on any atom is 0.241 e. The fourth-order valence-electron chi connectivity index (χ4n) is 1.32. The van der Waals surface area contributed by atoms with Gasteiger partial charge in [0, 0.05) is 12.7 Å². The number of amides is 2. The number of benzene rings is 1. The van der Waals surface area contributed by atoms with Crippen molar-refractivity contribution in [2.24, 2.45) is 5.73 Å². The third kappa shape index (κ3) is 4.15. The van der Waals surface area contributed by atoms with Crippen LogP contribution in [-0.4, -0.2) is 30.0 Å². The van der Waals surface area contributed by atoms with E-state index in [9.17, 15) is 9.59 Å². The number of hydrogen-bond acceptors (Lipinski definition) is 4. The highest BCUT2D eigenvalue weighted by Gasteiger charge is 2.16. The minimum absolute atomic E-state index is 0.0512. The summed E-state index contributed by atoms with van der Waals surface area (Å²) in [5.74, 6) is -0.705. The molecule has 1 aromatic rings. The molecule has 1 atom stereocenters. The summed E-state index contributed by atoms with van der Waals surface area (Å²) >= 11 is 0. The molecule has 98 valence electrons. The first-order chi connectivity index (χ1) is 8.56. The Kier molecular flexibility index (Phi) is 5.29. The average Bonchev–Trinajstić information content (AvgIpc) is 2.39. The molecule has 6 nitrogen and oxygen atoms in total. The molecule has 0 aliphatic rings. The molecule has 6 heteroatoms. The van der Waals surface area contributed by atoms with E-state index in [0.717, 1.165) is 5.56 Å². The lowest BCUT2D eigenvalue weighted by atomic mass is 10.1. The van der Waals surface area contributed by atoms with Crippen LogP contribution in [0.1, 0.15) is 12.0 Å². The van der Waals surface area contributed by atoms with Crippen molar-refractivity contribution in [3.63, 3.8) is 0 Å². The predicted octanol–water partition coefficient (Wildman–Crippen LogP) is -0.419. The number of anilines is 1. The van der Waals surface area contributed by atoms with Crippen LogP contribution in [-0.2, 0) is 16.2 Å². The van der Waals surface area contributed by atoms with E-state index in [1.165, 1.54) is 7.05 Å². The number of carbonyl (C=O) groups excluding carboxylic acids is 2. The van der Waals surface area contributed by atoms with Crippen LogP contribution in [0, 0.1) is 0 Å². The second-order valence-corrected chi connectivity index (χ2v) is 3.83. The first kappa shape index (κ1) is 14.1. The van der Waals surface area contributed by atoms with Crippen LogP contribution in [0.3, 0.4) is 0 Å². The number of rotatable bonds is 5. The van der Waals surface area contributed by atoms with Gasteiger partial charge in [-0.15, -0.1) is 0 Å². The van der Waals surface area contributed by atoms with Crippen molar-refractivity contribution in [1.82, 2.24) is 5.32 Å². The molecule has 0 unspecified atom stereocenters. The first-order valence-electron chi connectivity index (χ1n) is 5.53. The fraction of sp³-hybridized carbons (Fsp3) is 0.333. The van der Waals surface area contributed by atoms with Gasteiger partial charge in [0.15, 0.2) is 0 Å². The van der Waals surface area contributed by atoms with Gasteiger partial charge in [-0.05, 0) is 17.7 Å². The lowest BCUT2D eigenvalue weighted by molar-refractivity contribution is -0.124. The van der Waals surface area contributed by atoms with E-state index >= 15 is 0 Å². The van der Waals surface area contributed by atoms with Crippen LogP contribution >= 0.6 is 0 Å². The van der Waals surface area contributed by atoms with Crippen molar-refractivity contribution in [3.05, 3.63) is 29.8 Å². The molecule has 0 aromatic heterocycles. The molecule has 0 heterocycles. The Labute approximate surface area is 105 Å². The van der Waals surface area contributed by atoms with E-state index in [1.54, 1.807) is 24.3 Å².